The molecule has 0 radical (unpaired) electrons. The van der Waals surface area contributed by atoms with Crippen LogP contribution in [0.3, 0.4) is 0 Å². The van der Waals surface area contributed by atoms with Gasteiger partial charge in [-0.3, -0.25) is 0 Å². The molecule has 0 amide bonds. The van der Waals surface area contributed by atoms with Crippen LogP contribution < -0.4 is 4.74 Å². The van der Waals surface area contributed by atoms with E-state index in [1.165, 1.54) is 0 Å². The Hall–Kier alpha value is -2.53. The molecule has 0 N–H and O–H groups in total. The second-order valence-electron chi connectivity index (χ2n) is 6.61. The molecular formula is C23H23F3O2. The molecule has 28 heavy (non-hydrogen) atoms. The second kappa shape index (κ2) is 8.65. The molecule has 0 aromatic heterocycles. The Kier molecular flexibility index (Phi) is 6.25. The van der Waals surface area contributed by atoms with E-state index < -0.39 is 17.8 Å². The molecule has 0 fully saturated rings. The third-order valence-electron chi connectivity index (χ3n) is 4.59. The molecule has 0 heterocycles. The van der Waals surface area contributed by atoms with E-state index in [0.29, 0.717) is 18.6 Å². The van der Waals surface area contributed by atoms with Gasteiger partial charge in [-0.05, 0) is 59.5 Å². The maximum Gasteiger partial charge on any atom is 0.416 e. The molecule has 3 aromatic rings. The van der Waals surface area contributed by atoms with Crippen LogP contribution in [0.25, 0.3) is 10.8 Å². The Morgan fingerprint density at radius 1 is 0.893 bits per heavy atom. The Balaban J connectivity index is 1.86. The molecule has 0 saturated heterocycles. The molecule has 3 aromatic carbocycles. The van der Waals surface area contributed by atoms with Crippen LogP contribution in [0.5, 0.6) is 5.75 Å². The van der Waals surface area contributed by atoms with Gasteiger partial charge in [0.2, 0.25) is 0 Å². The van der Waals surface area contributed by atoms with Crippen LogP contribution in [-0.2, 0) is 17.5 Å². The highest BCUT2D eigenvalue weighted by atomic mass is 19.4. The van der Waals surface area contributed by atoms with E-state index in [9.17, 15) is 13.2 Å². The van der Waals surface area contributed by atoms with Gasteiger partial charge < -0.3 is 9.47 Å². The number of hydrogen-bond donors (Lipinski definition) is 0. The quantitative estimate of drug-likeness (QED) is 0.437. The van der Waals surface area contributed by atoms with Crippen molar-refractivity contribution < 1.29 is 22.6 Å². The first-order valence-electron chi connectivity index (χ1n) is 9.35. The summed E-state index contributed by atoms with van der Waals surface area (Å²) in [4.78, 5) is 0. The summed E-state index contributed by atoms with van der Waals surface area (Å²) in [6, 6.07) is 17.6. The third kappa shape index (κ3) is 4.84. The first kappa shape index (κ1) is 20.2. The van der Waals surface area contributed by atoms with Crippen molar-refractivity contribution in [2.75, 3.05) is 6.61 Å². The maximum atomic E-state index is 13.3. The minimum Gasteiger partial charge on any atom is -0.489 e. The van der Waals surface area contributed by atoms with Crippen molar-refractivity contribution in [3.63, 3.8) is 0 Å². The molecule has 148 valence electrons. The molecule has 0 aliphatic rings. The van der Waals surface area contributed by atoms with Gasteiger partial charge in [0.25, 0.3) is 0 Å². The molecule has 0 saturated carbocycles. The number of rotatable bonds is 7. The number of benzene rings is 3. The Morgan fingerprint density at radius 2 is 1.64 bits per heavy atom. The van der Waals surface area contributed by atoms with Gasteiger partial charge in [0.05, 0.1) is 11.7 Å². The summed E-state index contributed by atoms with van der Waals surface area (Å²) in [5, 5.41) is 2.17. The molecule has 0 bridgehead atoms. The zero-order valence-corrected chi connectivity index (χ0v) is 15.9. The lowest BCUT2D eigenvalue weighted by Crippen LogP contribution is -2.10. The van der Waals surface area contributed by atoms with Crippen molar-refractivity contribution in [3.05, 3.63) is 77.4 Å². The zero-order chi connectivity index (χ0) is 20.1. The van der Waals surface area contributed by atoms with Crippen LogP contribution in [0.4, 0.5) is 13.2 Å². The fraction of sp³-hybridized carbons (Fsp3) is 0.304. The minimum atomic E-state index is -4.44. The number of halogens is 3. The summed E-state index contributed by atoms with van der Waals surface area (Å²) in [6.45, 7) is 4.34. The van der Waals surface area contributed by atoms with E-state index in [1.807, 2.05) is 56.3 Å². The van der Waals surface area contributed by atoms with Gasteiger partial charge in [-0.2, -0.15) is 13.2 Å². The van der Waals surface area contributed by atoms with E-state index in [4.69, 9.17) is 9.47 Å². The van der Waals surface area contributed by atoms with Crippen molar-refractivity contribution in [1.82, 2.24) is 0 Å². The lowest BCUT2D eigenvalue weighted by atomic mass is 10.0. The molecule has 5 heteroatoms. The van der Waals surface area contributed by atoms with Crippen LogP contribution in [0.15, 0.2) is 60.7 Å². The molecule has 3 rings (SSSR count). The molecule has 1 atom stereocenters. The first-order chi connectivity index (χ1) is 13.4. The van der Waals surface area contributed by atoms with Crippen LogP contribution in [0.1, 0.15) is 43.1 Å². The second-order valence-corrected chi connectivity index (χ2v) is 6.61. The highest BCUT2D eigenvalue weighted by Crippen LogP contribution is 2.35. The van der Waals surface area contributed by atoms with Gasteiger partial charge in [0.1, 0.15) is 12.4 Å². The number of fused-ring (bicyclic) bond motifs is 1. The maximum absolute atomic E-state index is 13.3. The first-order valence-corrected chi connectivity index (χ1v) is 9.35. The normalized spacial score (nSPS) is 12.9. The van der Waals surface area contributed by atoms with Crippen LogP contribution >= 0.6 is 0 Å². The van der Waals surface area contributed by atoms with E-state index in [-0.39, 0.29) is 12.4 Å². The van der Waals surface area contributed by atoms with E-state index in [0.717, 1.165) is 28.5 Å². The number of alkyl halides is 3. The van der Waals surface area contributed by atoms with Gasteiger partial charge in [-0.15, -0.1) is 0 Å². The van der Waals surface area contributed by atoms with Crippen LogP contribution in [-0.4, -0.2) is 6.61 Å². The summed E-state index contributed by atoms with van der Waals surface area (Å²) >= 11 is 0. The predicted molar refractivity (Wildman–Crippen MR) is 104 cm³/mol. The highest BCUT2D eigenvalue weighted by Gasteiger charge is 2.32. The third-order valence-corrected chi connectivity index (χ3v) is 4.59. The minimum absolute atomic E-state index is 0.191. The molecule has 1 unspecified atom stereocenters. The van der Waals surface area contributed by atoms with Gasteiger partial charge >= 0.3 is 6.18 Å². The topological polar surface area (TPSA) is 18.5 Å². The van der Waals surface area contributed by atoms with Crippen molar-refractivity contribution in [2.24, 2.45) is 0 Å². The van der Waals surface area contributed by atoms with Crippen LogP contribution in [0.2, 0.25) is 0 Å². The summed E-state index contributed by atoms with van der Waals surface area (Å²) in [7, 11) is 0. The van der Waals surface area contributed by atoms with Crippen molar-refractivity contribution in [3.8, 4) is 5.75 Å². The SMILES string of the molecule is CCOC(CC)c1cc(OCc2ccc3ccccc3c2)cc(C(F)(F)F)c1. The average Bonchev–Trinajstić information content (AvgIpc) is 2.69. The molecule has 0 aliphatic carbocycles. The van der Waals surface area contributed by atoms with Gasteiger partial charge in [0, 0.05) is 6.61 Å². The molecular weight excluding hydrogens is 365 g/mol. The van der Waals surface area contributed by atoms with Gasteiger partial charge in [-0.25, -0.2) is 0 Å². The van der Waals surface area contributed by atoms with Gasteiger partial charge in [0.15, 0.2) is 0 Å². The smallest absolute Gasteiger partial charge is 0.416 e. The Morgan fingerprint density at radius 3 is 2.32 bits per heavy atom. The number of hydrogen-bond acceptors (Lipinski definition) is 2. The standard InChI is InChI=1S/C23H23F3O2/c1-3-22(27-4-2)19-12-20(23(24,25)26)14-21(13-19)28-15-16-9-10-17-7-5-6-8-18(17)11-16/h5-14,22H,3-4,15H2,1-2H3. The monoisotopic (exact) mass is 388 g/mol. The van der Waals surface area contributed by atoms with Crippen molar-refractivity contribution in [2.45, 2.75) is 39.2 Å². The summed E-state index contributed by atoms with van der Waals surface area (Å²) in [5.74, 6) is 0.191. The van der Waals surface area contributed by atoms with Crippen molar-refractivity contribution >= 4 is 10.8 Å². The van der Waals surface area contributed by atoms with E-state index in [1.54, 1.807) is 6.07 Å². The molecule has 2 nitrogen and oxygen atoms in total. The highest BCUT2D eigenvalue weighted by molar-refractivity contribution is 5.82. The van der Waals surface area contributed by atoms with Gasteiger partial charge in [-0.1, -0.05) is 43.3 Å². The lowest BCUT2D eigenvalue weighted by Gasteiger charge is -2.19. The Bertz CT molecular complexity index is 935. The largest absolute Gasteiger partial charge is 0.489 e. The Labute approximate surface area is 162 Å². The number of ether oxygens (including phenoxy) is 2. The molecule has 0 spiro atoms. The zero-order valence-electron chi connectivity index (χ0n) is 15.9. The molecule has 0 aliphatic heterocycles. The van der Waals surface area contributed by atoms with E-state index in [2.05, 4.69) is 0 Å². The summed E-state index contributed by atoms with van der Waals surface area (Å²) < 4.78 is 51.4. The fourth-order valence-corrected chi connectivity index (χ4v) is 3.20. The summed E-state index contributed by atoms with van der Waals surface area (Å²) in [5.41, 5.74) is 0.652. The predicted octanol–water partition coefficient (Wildman–Crippen LogP) is 6.93. The van der Waals surface area contributed by atoms with E-state index >= 15 is 0 Å². The lowest BCUT2D eigenvalue weighted by molar-refractivity contribution is -0.137. The average molecular weight is 388 g/mol. The van der Waals surface area contributed by atoms with Crippen molar-refractivity contribution in [1.29, 1.82) is 0 Å². The van der Waals surface area contributed by atoms with Crippen LogP contribution in [0, 0.1) is 0 Å². The summed E-state index contributed by atoms with van der Waals surface area (Å²) in [6.07, 6.45) is -4.25. The fourth-order valence-electron chi connectivity index (χ4n) is 3.20.